The van der Waals surface area contributed by atoms with Gasteiger partial charge in [0.25, 0.3) is 5.69 Å². The van der Waals surface area contributed by atoms with Gasteiger partial charge in [-0.2, -0.15) is 13.2 Å². The van der Waals surface area contributed by atoms with Crippen LogP contribution < -0.4 is 0 Å². The highest BCUT2D eigenvalue weighted by Gasteiger charge is 2.33. The Kier molecular flexibility index (Phi) is 4.56. The summed E-state index contributed by atoms with van der Waals surface area (Å²) in [6.07, 6.45) is -4.70. The molecule has 0 fully saturated rings. The summed E-state index contributed by atoms with van der Waals surface area (Å²) < 4.78 is 38.0. The molecule has 0 unspecified atom stereocenters. The lowest BCUT2D eigenvalue weighted by atomic mass is 10.0. The van der Waals surface area contributed by atoms with Gasteiger partial charge in [0.05, 0.1) is 26.1 Å². The van der Waals surface area contributed by atoms with E-state index in [-0.39, 0.29) is 26.2 Å². The second-order valence-corrected chi connectivity index (χ2v) is 5.46. The van der Waals surface area contributed by atoms with Crippen molar-refractivity contribution >= 4 is 40.5 Å². The highest BCUT2D eigenvalue weighted by atomic mass is 35.5. The lowest BCUT2D eigenvalue weighted by Gasteiger charge is -2.11. The normalized spacial score (nSPS) is 11.5. The van der Waals surface area contributed by atoms with Crippen LogP contribution in [0.3, 0.4) is 0 Å². The maximum atomic E-state index is 12.7. The third kappa shape index (κ3) is 3.29. The molecule has 22 heavy (non-hydrogen) atoms. The fourth-order valence-electron chi connectivity index (χ4n) is 1.84. The minimum Gasteiger partial charge on any atom is -0.258 e. The first-order valence-electron chi connectivity index (χ1n) is 5.62. The fraction of sp³-hybridized carbons (Fsp3) is 0.0769. The van der Waals surface area contributed by atoms with Gasteiger partial charge in [-0.3, -0.25) is 10.1 Å². The van der Waals surface area contributed by atoms with E-state index in [4.69, 9.17) is 34.8 Å². The Morgan fingerprint density at radius 3 is 2.18 bits per heavy atom. The molecule has 116 valence electrons. The monoisotopic (exact) mass is 369 g/mol. The minimum atomic E-state index is -4.70. The summed E-state index contributed by atoms with van der Waals surface area (Å²) in [7, 11) is 0. The Balaban J connectivity index is 2.74. The van der Waals surface area contributed by atoms with Crippen LogP contribution in [0.15, 0.2) is 30.3 Å². The van der Waals surface area contributed by atoms with Crippen LogP contribution in [-0.4, -0.2) is 4.92 Å². The first-order valence-corrected chi connectivity index (χ1v) is 6.75. The number of nitrogens with zero attached hydrogens (tertiary/aromatic N) is 1. The van der Waals surface area contributed by atoms with E-state index in [1.807, 2.05) is 0 Å². The summed E-state index contributed by atoms with van der Waals surface area (Å²) in [6, 6.07) is 4.76. The molecule has 2 aromatic carbocycles. The molecule has 2 aromatic rings. The van der Waals surface area contributed by atoms with Gasteiger partial charge >= 0.3 is 6.18 Å². The number of rotatable bonds is 2. The first kappa shape index (κ1) is 16.9. The molecular weight excluding hydrogens is 366 g/mol. The molecule has 0 spiro atoms. The molecule has 3 nitrogen and oxygen atoms in total. The van der Waals surface area contributed by atoms with Crippen molar-refractivity contribution in [1.29, 1.82) is 0 Å². The standard InChI is InChI=1S/C13H5Cl3F3NO2/c14-7-4-9(12(16)10(15)5-7)8-2-1-6(13(17,18)19)3-11(8)20(21)22/h1-5H. The van der Waals surface area contributed by atoms with Gasteiger partial charge in [-0.1, -0.05) is 34.8 Å². The second-order valence-electron chi connectivity index (χ2n) is 4.24. The van der Waals surface area contributed by atoms with Gasteiger partial charge in [-0.25, -0.2) is 0 Å². The quantitative estimate of drug-likeness (QED) is 0.357. The number of nitro groups is 1. The van der Waals surface area contributed by atoms with E-state index in [2.05, 4.69) is 0 Å². The Hall–Kier alpha value is -1.50. The molecule has 0 saturated carbocycles. The molecule has 0 aliphatic carbocycles. The van der Waals surface area contributed by atoms with Crippen LogP contribution in [0.2, 0.25) is 15.1 Å². The van der Waals surface area contributed by atoms with E-state index in [1.165, 1.54) is 12.1 Å². The van der Waals surface area contributed by atoms with Crippen molar-refractivity contribution in [3.63, 3.8) is 0 Å². The number of hydrogen-bond acceptors (Lipinski definition) is 2. The summed E-state index contributed by atoms with van der Waals surface area (Å²) >= 11 is 17.6. The van der Waals surface area contributed by atoms with Gasteiger partial charge in [0.2, 0.25) is 0 Å². The van der Waals surface area contributed by atoms with Crippen LogP contribution in [0.4, 0.5) is 18.9 Å². The summed E-state index contributed by atoms with van der Waals surface area (Å²) in [4.78, 5) is 10.2. The third-order valence-corrected chi connectivity index (χ3v) is 3.83. The number of nitro benzene ring substituents is 1. The van der Waals surface area contributed by atoms with Crippen LogP contribution in [-0.2, 0) is 6.18 Å². The molecule has 0 radical (unpaired) electrons. The van der Waals surface area contributed by atoms with E-state index in [1.54, 1.807) is 0 Å². The smallest absolute Gasteiger partial charge is 0.258 e. The molecule has 0 heterocycles. The lowest BCUT2D eigenvalue weighted by Crippen LogP contribution is -2.06. The second kappa shape index (κ2) is 5.95. The SMILES string of the molecule is O=[N+]([O-])c1cc(C(F)(F)F)ccc1-c1cc(Cl)cc(Cl)c1Cl. The number of hydrogen-bond donors (Lipinski definition) is 0. The Labute approximate surface area is 137 Å². The van der Waals surface area contributed by atoms with Gasteiger partial charge in [-0.05, 0) is 24.3 Å². The molecule has 0 aliphatic rings. The molecule has 2 rings (SSSR count). The van der Waals surface area contributed by atoms with Gasteiger partial charge in [-0.15, -0.1) is 0 Å². The number of halogens is 6. The molecule has 0 bridgehead atoms. The van der Waals surface area contributed by atoms with Crippen molar-refractivity contribution in [2.45, 2.75) is 6.18 Å². The van der Waals surface area contributed by atoms with Crippen molar-refractivity contribution in [1.82, 2.24) is 0 Å². The summed E-state index contributed by atoms with van der Waals surface area (Å²) in [5.74, 6) is 0. The zero-order chi connectivity index (χ0) is 16.7. The zero-order valence-electron chi connectivity index (χ0n) is 10.4. The highest BCUT2D eigenvalue weighted by Crippen LogP contribution is 2.42. The Morgan fingerprint density at radius 2 is 1.64 bits per heavy atom. The van der Waals surface area contributed by atoms with Crippen molar-refractivity contribution in [3.05, 3.63) is 61.1 Å². The van der Waals surface area contributed by atoms with Crippen molar-refractivity contribution in [2.75, 3.05) is 0 Å². The van der Waals surface area contributed by atoms with E-state index in [0.29, 0.717) is 6.07 Å². The van der Waals surface area contributed by atoms with Gasteiger partial charge < -0.3 is 0 Å². The van der Waals surface area contributed by atoms with Gasteiger partial charge in [0, 0.05) is 16.7 Å². The van der Waals surface area contributed by atoms with Crippen LogP contribution in [0.25, 0.3) is 11.1 Å². The Morgan fingerprint density at radius 1 is 1.00 bits per heavy atom. The Bertz CT molecular complexity index is 763. The maximum Gasteiger partial charge on any atom is 0.416 e. The first-order chi connectivity index (χ1) is 10.1. The van der Waals surface area contributed by atoms with E-state index < -0.39 is 22.4 Å². The third-order valence-electron chi connectivity index (χ3n) is 2.80. The van der Waals surface area contributed by atoms with Crippen LogP contribution >= 0.6 is 34.8 Å². The van der Waals surface area contributed by atoms with Crippen molar-refractivity contribution in [3.8, 4) is 11.1 Å². The number of alkyl halides is 3. The molecule has 9 heteroatoms. The summed E-state index contributed by atoms with van der Waals surface area (Å²) in [5.41, 5.74) is -1.89. The average Bonchev–Trinajstić information content (AvgIpc) is 2.41. The zero-order valence-corrected chi connectivity index (χ0v) is 12.7. The van der Waals surface area contributed by atoms with Crippen molar-refractivity contribution < 1.29 is 18.1 Å². The number of benzene rings is 2. The molecule has 0 N–H and O–H groups in total. The molecular formula is C13H5Cl3F3NO2. The van der Waals surface area contributed by atoms with Crippen LogP contribution in [0.5, 0.6) is 0 Å². The van der Waals surface area contributed by atoms with Crippen LogP contribution in [0.1, 0.15) is 5.56 Å². The minimum absolute atomic E-state index is 0.0334. The van der Waals surface area contributed by atoms with Crippen molar-refractivity contribution in [2.24, 2.45) is 0 Å². The lowest BCUT2D eigenvalue weighted by molar-refractivity contribution is -0.384. The predicted octanol–water partition coefficient (Wildman–Crippen LogP) is 6.24. The molecule has 0 amide bonds. The van der Waals surface area contributed by atoms with Crippen LogP contribution in [0, 0.1) is 10.1 Å². The summed E-state index contributed by atoms with van der Waals surface area (Å²) in [6.45, 7) is 0. The molecule has 0 aromatic heterocycles. The predicted molar refractivity (Wildman–Crippen MR) is 78.6 cm³/mol. The van der Waals surface area contributed by atoms with E-state index >= 15 is 0 Å². The maximum absolute atomic E-state index is 12.7. The molecule has 0 saturated heterocycles. The molecule has 0 atom stereocenters. The van der Waals surface area contributed by atoms with E-state index in [0.717, 1.165) is 12.1 Å². The molecule has 0 aliphatic heterocycles. The largest absolute Gasteiger partial charge is 0.416 e. The van der Waals surface area contributed by atoms with Gasteiger partial charge in [0.1, 0.15) is 0 Å². The topological polar surface area (TPSA) is 43.1 Å². The van der Waals surface area contributed by atoms with E-state index in [9.17, 15) is 23.3 Å². The highest BCUT2D eigenvalue weighted by molar-refractivity contribution is 6.45. The average molecular weight is 371 g/mol. The summed E-state index contributed by atoms with van der Waals surface area (Å²) in [5, 5.41) is 11.2. The fourth-order valence-corrected chi connectivity index (χ4v) is 2.54. The van der Waals surface area contributed by atoms with Gasteiger partial charge in [0.15, 0.2) is 0 Å².